The molecule has 0 aliphatic heterocycles. The maximum atomic E-state index is 11.3. The summed E-state index contributed by atoms with van der Waals surface area (Å²) in [5.41, 5.74) is 8.02. The number of nitrogens with two attached hydrogens (primary N) is 1. The Morgan fingerprint density at radius 1 is 1.07 bits per heavy atom. The van der Waals surface area contributed by atoms with E-state index in [-0.39, 0.29) is 0 Å². The van der Waals surface area contributed by atoms with Crippen molar-refractivity contribution in [3.63, 3.8) is 0 Å². The Bertz CT molecular complexity index is 359. The molecule has 5 nitrogen and oxygen atoms in total. The number of amides is 1. The predicted octanol–water partition coefficient (Wildman–Crippen LogP) is 3.07. The van der Waals surface area contributed by atoms with E-state index in [1.807, 2.05) is 80.7 Å². The zero-order valence-electron chi connectivity index (χ0n) is 7.27. The minimum atomic E-state index is -0.464. The fraction of sp³-hybridized carbons (Fsp3) is 0. The lowest BCUT2D eigenvalue weighted by atomic mass is 10.1. The molecule has 0 atom stereocenters. The number of hydrogen-bond acceptors (Lipinski definition) is 4. The van der Waals surface area contributed by atoms with Crippen molar-refractivity contribution in [2.45, 2.75) is 0 Å². The van der Waals surface area contributed by atoms with Crippen LogP contribution in [0.5, 0.6) is 0 Å². The van der Waals surface area contributed by atoms with Crippen molar-refractivity contribution in [2.24, 2.45) is 5.73 Å². The summed E-state index contributed by atoms with van der Waals surface area (Å²) in [6.45, 7) is 0. The molecule has 8 heteroatoms. The van der Waals surface area contributed by atoms with Gasteiger partial charge in [0.25, 0.3) is 5.91 Å². The Morgan fingerprint density at radius 2 is 1.53 bits per heavy atom. The molecule has 15 heavy (non-hydrogen) atoms. The molecule has 1 aromatic rings. The van der Waals surface area contributed by atoms with Gasteiger partial charge in [-0.3, -0.25) is 4.79 Å². The van der Waals surface area contributed by atoms with Gasteiger partial charge in [-0.1, -0.05) is 0 Å². The van der Waals surface area contributed by atoms with E-state index in [1.165, 1.54) is 0 Å². The Hall–Kier alpha value is 0.280. The van der Waals surface area contributed by atoms with Crippen molar-refractivity contribution in [2.75, 3.05) is 10.6 Å². The van der Waals surface area contributed by atoms with Gasteiger partial charge in [0.2, 0.25) is 0 Å². The number of nitrogens with one attached hydrogen (secondary N) is 3. The lowest BCUT2D eigenvalue weighted by Gasteiger charge is -2.12. The highest BCUT2D eigenvalue weighted by Crippen LogP contribution is 2.31. The summed E-state index contributed by atoms with van der Waals surface area (Å²) in [6, 6.07) is 3.63. The summed E-state index contributed by atoms with van der Waals surface area (Å²) < 4.78 is 8.79. The van der Waals surface area contributed by atoms with E-state index in [2.05, 4.69) is 10.6 Å². The van der Waals surface area contributed by atoms with Crippen LogP contribution in [0, 0.1) is 0 Å². The number of benzene rings is 1. The van der Waals surface area contributed by atoms with E-state index in [0.717, 1.165) is 5.69 Å². The maximum Gasteiger partial charge on any atom is 0.252 e. The standard InChI is InChI=1S/C7H7I3N4O/c8-12-3-1-4(13-9)6(7(11)15)5(2-3)14-10/h1-2,12-14H,(H2,11,15). The van der Waals surface area contributed by atoms with Crippen molar-refractivity contribution < 1.29 is 4.79 Å². The second kappa shape index (κ2) is 6.12. The summed E-state index contributed by atoms with van der Waals surface area (Å²) in [5.74, 6) is -0.464. The van der Waals surface area contributed by atoms with Gasteiger partial charge in [0.15, 0.2) is 0 Å². The van der Waals surface area contributed by atoms with Gasteiger partial charge < -0.3 is 16.3 Å². The first-order valence-electron chi connectivity index (χ1n) is 3.71. The molecule has 0 aliphatic carbocycles. The van der Waals surface area contributed by atoms with Crippen LogP contribution in [-0.2, 0) is 0 Å². The summed E-state index contributed by atoms with van der Waals surface area (Å²) in [6.07, 6.45) is 0. The lowest BCUT2D eigenvalue weighted by molar-refractivity contribution is 0.100. The van der Waals surface area contributed by atoms with Gasteiger partial charge in [0.1, 0.15) is 0 Å². The van der Waals surface area contributed by atoms with E-state index in [0.29, 0.717) is 16.9 Å². The molecule has 1 rings (SSSR count). The molecular formula is C7H7I3N4O. The van der Waals surface area contributed by atoms with Crippen molar-refractivity contribution in [1.29, 1.82) is 0 Å². The maximum absolute atomic E-state index is 11.3. The van der Waals surface area contributed by atoms with Crippen LogP contribution in [0.2, 0.25) is 0 Å². The van der Waals surface area contributed by atoms with Crippen LogP contribution in [0.25, 0.3) is 0 Å². The van der Waals surface area contributed by atoms with Crippen molar-refractivity contribution in [3.05, 3.63) is 17.7 Å². The molecule has 5 N–H and O–H groups in total. The van der Waals surface area contributed by atoms with Crippen LogP contribution in [-0.4, -0.2) is 5.91 Å². The Kier molecular flexibility index (Phi) is 5.45. The molecular weight excluding hydrogens is 537 g/mol. The number of carbonyl (C=O) groups excluding carboxylic acids is 1. The lowest BCUT2D eigenvalue weighted by Crippen LogP contribution is -2.14. The molecule has 0 bridgehead atoms. The van der Waals surface area contributed by atoms with Gasteiger partial charge in [-0.05, 0) is 12.1 Å². The van der Waals surface area contributed by atoms with E-state index in [1.54, 1.807) is 0 Å². The molecule has 0 fully saturated rings. The second-order valence-electron chi connectivity index (χ2n) is 2.59. The van der Waals surface area contributed by atoms with Gasteiger partial charge in [0, 0.05) is 5.69 Å². The third-order valence-corrected chi connectivity index (χ3v) is 3.48. The zero-order chi connectivity index (χ0) is 11.4. The Labute approximate surface area is 129 Å². The molecule has 0 heterocycles. The molecule has 0 unspecified atom stereocenters. The third kappa shape index (κ3) is 3.12. The highest BCUT2D eigenvalue weighted by molar-refractivity contribution is 14.1. The molecule has 0 aromatic heterocycles. The minimum Gasteiger partial charge on any atom is -0.365 e. The van der Waals surface area contributed by atoms with Gasteiger partial charge in [-0.15, -0.1) is 0 Å². The second-order valence-corrected chi connectivity index (χ2v) is 4.21. The molecule has 0 spiro atoms. The summed E-state index contributed by atoms with van der Waals surface area (Å²) in [7, 11) is 0. The van der Waals surface area contributed by atoms with E-state index in [4.69, 9.17) is 5.73 Å². The van der Waals surface area contributed by atoms with Crippen LogP contribution < -0.4 is 16.3 Å². The third-order valence-electron chi connectivity index (χ3n) is 1.70. The van der Waals surface area contributed by atoms with E-state index in [9.17, 15) is 4.79 Å². The number of hydrogen-bond donors (Lipinski definition) is 4. The van der Waals surface area contributed by atoms with Crippen LogP contribution in [0.4, 0.5) is 17.1 Å². The average Bonchev–Trinajstić information content (AvgIpc) is 2.26. The summed E-state index contributed by atoms with van der Waals surface area (Å²) >= 11 is 5.94. The van der Waals surface area contributed by atoms with Crippen LogP contribution in [0.1, 0.15) is 10.4 Å². The smallest absolute Gasteiger partial charge is 0.252 e. The fourth-order valence-electron chi connectivity index (χ4n) is 1.11. The van der Waals surface area contributed by atoms with Crippen molar-refractivity contribution in [3.8, 4) is 0 Å². The van der Waals surface area contributed by atoms with E-state index < -0.39 is 5.91 Å². The molecule has 0 aliphatic rings. The number of carbonyl (C=O) groups is 1. The van der Waals surface area contributed by atoms with Crippen LogP contribution >= 0.6 is 68.6 Å². The molecule has 0 radical (unpaired) electrons. The average molecular weight is 544 g/mol. The molecule has 1 aromatic carbocycles. The SMILES string of the molecule is NC(=O)c1c(NI)cc(NI)cc1NI. The first kappa shape index (κ1) is 13.3. The van der Waals surface area contributed by atoms with Crippen molar-refractivity contribution >= 4 is 91.6 Å². The quantitative estimate of drug-likeness (QED) is 0.348. The highest BCUT2D eigenvalue weighted by atomic mass is 127. The van der Waals surface area contributed by atoms with Gasteiger partial charge in [0.05, 0.1) is 85.5 Å². The molecule has 1 amide bonds. The largest absolute Gasteiger partial charge is 0.365 e. The normalized spacial score (nSPS) is 9.53. The molecule has 82 valence electrons. The first-order chi connectivity index (χ1) is 7.13. The fourth-order valence-corrected chi connectivity index (χ4v) is 2.27. The zero-order valence-corrected chi connectivity index (χ0v) is 13.7. The minimum absolute atomic E-state index is 0.453. The van der Waals surface area contributed by atoms with Gasteiger partial charge >= 0.3 is 0 Å². The summed E-state index contributed by atoms with van der Waals surface area (Å²) in [4.78, 5) is 11.3. The Morgan fingerprint density at radius 3 is 1.80 bits per heavy atom. The number of anilines is 3. The highest BCUT2D eigenvalue weighted by Gasteiger charge is 2.14. The summed E-state index contributed by atoms with van der Waals surface area (Å²) in [5, 5.41) is 0. The van der Waals surface area contributed by atoms with Crippen LogP contribution in [0.15, 0.2) is 12.1 Å². The van der Waals surface area contributed by atoms with Gasteiger partial charge in [-0.25, -0.2) is 0 Å². The molecule has 0 saturated heterocycles. The van der Waals surface area contributed by atoms with E-state index >= 15 is 0 Å². The predicted molar refractivity (Wildman–Crippen MR) is 87.9 cm³/mol. The number of halogens is 3. The van der Waals surface area contributed by atoms with Crippen molar-refractivity contribution in [1.82, 2.24) is 0 Å². The first-order valence-corrected chi connectivity index (χ1v) is 6.95. The molecule has 0 saturated carbocycles. The monoisotopic (exact) mass is 544 g/mol. The number of primary amides is 1. The topological polar surface area (TPSA) is 79.2 Å². The Balaban J connectivity index is 3.39. The van der Waals surface area contributed by atoms with Crippen LogP contribution in [0.3, 0.4) is 0 Å². The number of rotatable bonds is 4. The van der Waals surface area contributed by atoms with Gasteiger partial charge in [-0.2, -0.15) is 0 Å².